The molecule has 1 aromatic carbocycles. The highest BCUT2D eigenvalue weighted by Crippen LogP contribution is 2.38. The SMILES string of the molecule is O=C(O)c1ccc(OC2CCCCC2)c(C(F)(F)F)c1. The molecule has 0 spiro atoms. The molecular weight excluding hydrogens is 273 g/mol. The lowest BCUT2D eigenvalue weighted by Crippen LogP contribution is -2.21. The number of alkyl halides is 3. The van der Waals surface area contributed by atoms with Crippen molar-refractivity contribution in [3.63, 3.8) is 0 Å². The largest absolute Gasteiger partial charge is 0.490 e. The first-order valence-corrected chi connectivity index (χ1v) is 6.49. The average molecular weight is 288 g/mol. The van der Waals surface area contributed by atoms with Gasteiger partial charge in [-0.2, -0.15) is 13.2 Å². The van der Waals surface area contributed by atoms with Crippen molar-refractivity contribution < 1.29 is 27.8 Å². The summed E-state index contributed by atoms with van der Waals surface area (Å²) in [6.07, 6.45) is -0.422. The Kier molecular flexibility index (Phi) is 4.20. The average Bonchev–Trinajstić information content (AvgIpc) is 2.39. The Labute approximate surface area is 114 Å². The first-order chi connectivity index (χ1) is 9.38. The van der Waals surface area contributed by atoms with E-state index in [1.165, 1.54) is 0 Å². The molecule has 2 rings (SSSR count). The molecule has 1 aliphatic carbocycles. The molecule has 1 saturated carbocycles. The lowest BCUT2D eigenvalue weighted by molar-refractivity contribution is -0.139. The van der Waals surface area contributed by atoms with E-state index in [-0.39, 0.29) is 11.9 Å². The number of benzene rings is 1. The Bertz CT molecular complexity index is 491. The number of halogens is 3. The first-order valence-electron chi connectivity index (χ1n) is 6.49. The van der Waals surface area contributed by atoms with Gasteiger partial charge in [-0.3, -0.25) is 0 Å². The molecule has 1 aliphatic rings. The lowest BCUT2D eigenvalue weighted by atomic mass is 9.97. The number of hydrogen-bond donors (Lipinski definition) is 1. The summed E-state index contributed by atoms with van der Waals surface area (Å²) < 4.78 is 44.4. The van der Waals surface area contributed by atoms with Gasteiger partial charge in [0.25, 0.3) is 0 Å². The number of carboxylic acids is 1. The van der Waals surface area contributed by atoms with Gasteiger partial charge in [0.15, 0.2) is 0 Å². The van der Waals surface area contributed by atoms with Gasteiger partial charge in [0.05, 0.1) is 17.2 Å². The van der Waals surface area contributed by atoms with Gasteiger partial charge in [0, 0.05) is 0 Å². The van der Waals surface area contributed by atoms with Gasteiger partial charge in [-0.1, -0.05) is 6.42 Å². The molecule has 0 saturated heterocycles. The summed E-state index contributed by atoms with van der Waals surface area (Å²) in [7, 11) is 0. The van der Waals surface area contributed by atoms with Crippen molar-refractivity contribution in [3.05, 3.63) is 29.3 Å². The van der Waals surface area contributed by atoms with Crippen molar-refractivity contribution in [2.75, 3.05) is 0 Å². The maximum absolute atomic E-state index is 13.0. The van der Waals surface area contributed by atoms with Crippen LogP contribution in [-0.2, 0) is 6.18 Å². The Morgan fingerprint density at radius 3 is 2.40 bits per heavy atom. The summed E-state index contributed by atoms with van der Waals surface area (Å²) in [6.45, 7) is 0. The van der Waals surface area contributed by atoms with E-state index in [2.05, 4.69) is 0 Å². The molecule has 3 nitrogen and oxygen atoms in total. The fraction of sp³-hybridized carbons (Fsp3) is 0.500. The molecule has 0 amide bonds. The predicted octanol–water partition coefficient (Wildman–Crippen LogP) is 4.12. The molecule has 110 valence electrons. The van der Waals surface area contributed by atoms with Crippen LogP contribution in [0.25, 0.3) is 0 Å². The second kappa shape index (κ2) is 5.73. The van der Waals surface area contributed by atoms with Crippen molar-refractivity contribution in [3.8, 4) is 5.75 Å². The molecule has 1 fully saturated rings. The van der Waals surface area contributed by atoms with Crippen molar-refractivity contribution in [2.45, 2.75) is 44.4 Å². The number of ether oxygens (including phenoxy) is 1. The van der Waals surface area contributed by atoms with E-state index in [1.807, 2.05) is 0 Å². The summed E-state index contributed by atoms with van der Waals surface area (Å²) in [6, 6.07) is 2.86. The highest BCUT2D eigenvalue weighted by Gasteiger charge is 2.36. The van der Waals surface area contributed by atoms with Gasteiger partial charge in [-0.15, -0.1) is 0 Å². The maximum Gasteiger partial charge on any atom is 0.419 e. The normalized spacial score (nSPS) is 16.9. The minimum Gasteiger partial charge on any atom is -0.490 e. The fourth-order valence-electron chi connectivity index (χ4n) is 2.35. The second-order valence-corrected chi connectivity index (χ2v) is 4.89. The van der Waals surface area contributed by atoms with Gasteiger partial charge in [0.2, 0.25) is 0 Å². The van der Waals surface area contributed by atoms with E-state index in [0.717, 1.165) is 44.2 Å². The third-order valence-corrected chi connectivity index (χ3v) is 3.38. The zero-order valence-corrected chi connectivity index (χ0v) is 10.7. The molecular formula is C14H15F3O3. The summed E-state index contributed by atoms with van der Waals surface area (Å²) in [5.74, 6) is -1.67. The van der Waals surface area contributed by atoms with Crippen LogP contribution in [0.2, 0.25) is 0 Å². The smallest absolute Gasteiger partial charge is 0.419 e. The van der Waals surface area contributed by atoms with Crippen molar-refractivity contribution in [1.82, 2.24) is 0 Å². The van der Waals surface area contributed by atoms with E-state index in [0.29, 0.717) is 6.07 Å². The molecule has 20 heavy (non-hydrogen) atoms. The quantitative estimate of drug-likeness (QED) is 0.910. The zero-order valence-electron chi connectivity index (χ0n) is 10.7. The molecule has 0 atom stereocenters. The van der Waals surface area contributed by atoms with E-state index in [4.69, 9.17) is 9.84 Å². The highest BCUT2D eigenvalue weighted by molar-refractivity contribution is 5.88. The van der Waals surface area contributed by atoms with Gasteiger partial charge >= 0.3 is 12.1 Å². The summed E-state index contributed by atoms with van der Waals surface area (Å²) >= 11 is 0. The minimum atomic E-state index is -4.63. The summed E-state index contributed by atoms with van der Waals surface area (Å²) in [5, 5.41) is 8.78. The molecule has 0 bridgehead atoms. The van der Waals surface area contributed by atoms with Crippen LogP contribution in [0.4, 0.5) is 13.2 Å². The molecule has 0 heterocycles. The summed E-state index contributed by atoms with van der Waals surface area (Å²) in [5.41, 5.74) is -1.42. The monoisotopic (exact) mass is 288 g/mol. The number of carboxylic acid groups (broad SMARTS) is 1. The molecule has 1 N–H and O–H groups in total. The number of carbonyl (C=O) groups is 1. The van der Waals surface area contributed by atoms with Crippen LogP contribution in [0.15, 0.2) is 18.2 Å². The van der Waals surface area contributed by atoms with Gasteiger partial charge < -0.3 is 9.84 Å². The standard InChI is InChI=1S/C14H15F3O3/c15-14(16,17)11-8-9(13(18)19)6-7-12(11)20-10-4-2-1-3-5-10/h6-8,10H,1-5H2,(H,18,19). The van der Waals surface area contributed by atoms with Crippen LogP contribution in [0.1, 0.15) is 48.0 Å². The van der Waals surface area contributed by atoms with Crippen LogP contribution in [-0.4, -0.2) is 17.2 Å². The van der Waals surface area contributed by atoms with E-state index in [1.54, 1.807) is 0 Å². The third-order valence-electron chi connectivity index (χ3n) is 3.38. The van der Waals surface area contributed by atoms with Crippen LogP contribution in [0.3, 0.4) is 0 Å². The Morgan fingerprint density at radius 1 is 1.20 bits per heavy atom. The second-order valence-electron chi connectivity index (χ2n) is 4.89. The first kappa shape index (κ1) is 14.7. The number of aromatic carboxylic acids is 1. The molecule has 6 heteroatoms. The lowest BCUT2D eigenvalue weighted by Gasteiger charge is -2.25. The Balaban J connectivity index is 2.28. The van der Waals surface area contributed by atoms with Crippen LogP contribution >= 0.6 is 0 Å². The van der Waals surface area contributed by atoms with Crippen LogP contribution in [0.5, 0.6) is 5.75 Å². The Hall–Kier alpha value is -1.72. The molecule has 0 aliphatic heterocycles. The molecule has 0 unspecified atom stereocenters. The molecule has 0 radical (unpaired) electrons. The molecule has 1 aromatic rings. The van der Waals surface area contributed by atoms with Crippen LogP contribution < -0.4 is 4.74 Å². The van der Waals surface area contributed by atoms with Gasteiger partial charge in [-0.25, -0.2) is 4.79 Å². The fourth-order valence-corrected chi connectivity index (χ4v) is 2.35. The Morgan fingerprint density at radius 2 is 1.85 bits per heavy atom. The third kappa shape index (κ3) is 3.43. The topological polar surface area (TPSA) is 46.5 Å². The number of rotatable bonds is 3. The maximum atomic E-state index is 13.0. The number of hydrogen-bond acceptors (Lipinski definition) is 2. The predicted molar refractivity (Wildman–Crippen MR) is 65.9 cm³/mol. The van der Waals surface area contributed by atoms with Crippen molar-refractivity contribution in [1.29, 1.82) is 0 Å². The van der Waals surface area contributed by atoms with E-state index >= 15 is 0 Å². The van der Waals surface area contributed by atoms with E-state index < -0.39 is 23.3 Å². The van der Waals surface area contributed by atoms with Crippen molar-refractivity contribution >= 4 is 5.97 Å². The molecule has 0 aromatic heterocycles. The van der Waals surface area contributed by atoms with E-state index in [9.17, 15) is 18.0 Å². The van der Waals surface area contributed by atoms with Gasteiger partial charge in [0.1, 0.15) is 5.75 Å². The van der Waals surface area contributed by atoms with Gasteiger partial charge in [-0.05, 0) is 43.9 Å². The summed E-state index contributed by atoms with van der Waals surface area (Å²) in [4.78, 5) is 10.8. The van der Waals surface area contributed by atoms with Crippen molar-refractivity contribution in [2.24, 2.45) is 0 Å². The minimum absolute atomic E-state index is 0.222. The van der Waals surface area contributed by atoms with Crippen LogP contribution in [0, 0.1) is 0 Å². The zero-order chi connectivity index (χ0) is 14.8. The highest BCUT2D eigenvalue weighted by atomic mass is 19.4.